The van der Waals surface area contributed by atoms with Crippen molar-refractivity contribution in [2.45, 2.75) is 101 Å². The molecule has 0 aromatic carbocycles. The molecule has 0 radical (unpaired) electrons. The lowest BCUT2D eigenvalue weighted by Crippen LogP contribution is -2.49. The van der Waals surface area contributed by atoms with E-state index in [1.165, 1.54) is 0 Å². The molecule has 0 spiro atoms. The minimum Gasteiger partial charge on any atom is -0.481 e. The van der Waals surface area contributed by atoms with Crippen molar-refractivity contribution in [2.24, 2.45) is 17.8 Å². The standard InChI is InChI=1S/C35H44N4O24/c40-13-17(9-29(53)54)36-33(61)14(6-26(47)48)3-22(42)19(11-31(57)58)38-35(63)16(8-28(51)52)5-23(43)20(12-32(59)60)39-34(62)15(7-27(49)50)4-21(41)18(10-30(55)56)37-24(44)1-2-25(45)46/h13-20H,1-12H2,(H,36,61)(H,37,44)(H,38,63)(H,39,62)(H,45,46)(H,47,48)(H,49,50)(H,51,52)(H,53,54)(H,55,56)(H,57,58)(H,59,60). The quantitative estimate of drug-likeness (QED) is 0.0274. The Morgan fingerprint density at radius 1 is 0.333 bits per heavy atom. The number of carboxylic acids is 8. The van der Waals surface area contributed by atoms with Gasteiger partial charge in [0.2, 0.25) is 23.6 Å². The lowest BCUT2D eigenvalue weighted by Gasteiger charge is -2.24. The lowest BCUT2D eigenvalue weighted by atomic mass is 9.90. The smallest absolute Gasteiger partial charge is 0.305 e. The molecule has 0 saturated heterocycles. The summed E-state index contributed by atoms with van der Waals surface area (Å²) in [5.74, 6) is -29.2. The van der Waals surface area contributed by atoms with Crippen LogP contribution in [0.2, 0.25) is 0 Å². The Morgan fingerprint density at radius 3 is 0.889 bits per heavy atom. The van der Waals surface area contributed by atoms with E-state index < -0.39 is 208 Å². The van der Waals surface area contributed by atoms with Crippen molar-refractivity contribution in [3.63, 3.8) is 0 Å². The van der Waals surface area contributed by atoms with Crippen LogP contribution in [0.4, 0.5) is 0 Å². The van der Waals surface area contributed by atoms with Gasteiger partial charge in [0, 0.05) is 25.7 Å². The molecule has 0 aliphatic carbocycles. The van der Waals surface area contributed by atoms with Gasteiger partial charge in [-0.1, -0.05) is 0 Å². The van der Waals surface area contributed by atoms with Gasteiger partial charge in [-0.3, -0.25) is 71.9 Å². The molecule has 7 atom stereocenters. The van der Waals surface area contributed by atoms with E-state index in [4.69, 9.17) is 10.2 Å². The first-order chi connectivity index (χ1) is 29.1. The van der Waals surface area contributed by atoms with Crippen LogP contribution in [-0.4, -0.2) is 160 Å². The molecule has 0 aliphatic heterocycles. The van der Waals surface area contributed by atoms with Crippen LogP contribution in [-0.2, 0) is 76.7 Å². The number of Topliss-reactive ketones (excluding diaryl/α,β-unsaturated/α-hetero) is 3. The summed E-state index contributed by atoms with van der Waals surface area (Å²) in [6.45, 7) is 0. The number of aliphatic carboxylic acids is 8. The van der Waals surface area contributed by atoms with E-state index in [1.54, 1.807) is 0 Å². The summed E-state index contributed by atoms with van der Waals surface area (Å²) in [6.07, 6.45) is -13.5. The van der Waals surface area contributed by atoms with Gasteiger partial charge < -0.3 is 66.9 Å². The SMILES string of the molecule is O=CC(CC(=O)O)NC(=O)C(CC(=O)O)CC(=O)C(CC(=O)O)NC(=O)C(CC(=O)O)CC(=O)C(CC(=O)O)NC(=O)C(CC(=O)O)CC(=O)C(CC(=O)O)NC(=O)CCC(=O)O. The normalized spacial score (nSPS) is 14.0. The molecule has 4 amide bonds. The predicted molar refractivity (Wildman–Crippen MR) is 196 cm³/mol. The number of nitrogens with one attached hydrogen (secondary N) is 4. The highest BCUT2D eigenvalue weighted by Gasteiger charge is 2.37. The number of carbonyl (C=O) groups excluding carboxylic acids is 8. The molecule has 0 aliphatic rings. The van der Waals surface area contributed by atoms with E-state index >= 15 is 0 Å². The first-order valence-electron chi connectivity index (χ1n) is 18.1. The van der Waals surface area contributed by atoms with Gasteiger partial charge in [0.15, 0.2) is 17.3 Å². The van der Waals surface area contributed by atoms with Crippen molar-refractivity contribution in [1.82, 2.24) is 21.3 Å². The second-order valence-corrected chi connectivity index (χ2v) is 13.7. The van der Waals surface area contributed by atoms with E-state index in [9.17, 15) is 107 Å². The zero-order valence-corrected chi connectivity index (χ0v) is 32.7. The number of hydrogen-bond acceptors (Lipinski definition) is 16. The lowest BCUT2D eigenvalue weighted by molar-refractivity contribution is -0.146. The summed E-state index contributed by atoms with van der Waals surface area (Å²) in [7, 11) is 0. The van der Waals surface area contributed by atoms with Crippen LogP contribution >= 0.6 is 0 Å². The molecule has 28 nitrogen and oxygen atoms in total. The monoisotopic (exact) mass is 904 g/mol. The molecule has 0 aromatic heterocycles. The molecule has 0 saturated carbocycles. The molecule has 0 fully saturated rings. The number of aldehydes is 1. The third-order valence-electron chi connectivity index (χ3n) is 8.44. The first kappa shape index (κ1) is 55.3. The molecule has 0 rings (SSSR count). The number of carbonyl (C=O) groups is 16. The van der Waals surface area contributed by atoms with E-state index in [0.29, 0.717) is 0 Å². The summed E-state index contributed by atoms with van der Waals surface area (Å²) < 4.78 is 0. The van der Waals surface area contributed by atoms with Gasteiger partial charge >= 0.3 is 47.8 Å². The Bertz CT molecular complexity index is 1840. The molecule has 28 heteroatoms. The van der Waals surface area contributed by atoms with Crippen molar-refractivity contribution in [2.75, 3.05) is 0 Å². The fourth-order valence-corrected chi connectivity index (χ4v) is 5.51. The van der Waals surface area contributed by atoms with Gasteiger partial charge in [-0.2, -0.15) is 0 Å². The van der Waals surface area contributed by atoms with Crippen molar-refractivity contribution in [3.05, 3.63) is 0 Å². The van der Waals surface area contributed by atoms with E-state index in [2.05, 4.69) is 0 Å². The molecular formula is C35H44N4O24. The maximum absolute atomic E-state index is 13.4. The van der Waals surface area contributed by atoms with Crippen LogP contribution in [0.3, 0.4) is 0 Å². The van der Waals surface area contributed by atoms with Crippen LogP contribution in [0.15, 0.2) is 0 Å². The molecule has 0 heterocycles. The Labute approximate surface area is 352 Å². The predicted octanol–water partition coefficient (Wildman–Crippen LogP) is -3.96. The fourth-order valence-electron chi connectivity index (χ4n) is 5.51. The third-order valence-corrected chi connectivity index (χ3v) is 8.44. The van der Waals surface area contributed by atoms with Crippen LogP contribution < -0.4 is 21.3 Å². The highest BCUT2D eigenvalue weighted by atomic mass is 16.4. The van der Waals surface area contributed by atoms with Crippen LogP contribution in [0.5, 0.6) is 0 Å². The Hall–Kier alpha value is -7.68. The summed E-state index contributed by atoms with van der Waals surface area (Å²) in [5, 5.41) is 81.4. The largest absolute Gasteiger partial charge is 0.481 e. The van der Waals surface area contributed by atoms with E-state index in [-0.39, 0.29) is 6.29 Å². The third kappa shape index (κ3) is 23.6. The van der Waals surface area contributed by atoms with E-state index in [1.807, 2.05) is 21.3 Å². The average Bonchev–Trinajstić information content (AvgIpc) is 3.13. The van der Waals surface area contributed by atoms with Gasteiger partial charge in [0.25, 0.3) is 0 Å². The van der Waals surface area contributed by atoms with Crippen LogP contribution in [0.1, 0.15) is 77.0 Å². The maximum atomic E-state index is 13.4. The maximum Gasteiger partial charge on any atom is 0.305 e. The molecule has 7 unspecified atom stereocenters. The topological polar surface area (TPSA) is 483 Å². The highest BCUT2D eigenvalue weighted by Crippen LogP contribution is 2.19. The minimum absolute atomic E-state index is 0.0106. The van der Waals surface area contributed by atoms with Gasteiger partial charge in [-0.15, -0.1) is 0 Å². The van der Waals surface area contributed by atoms with Gasteiger partial charge in [0.05, 0.1) is 93.3 Å². The van der Waals surface area contributed by atoms with E-state index in [0.717, 1.165) is 0 Å². The summed E-state index contributed by atoms with van der Waals surface area (Å²) >= 11 is 0. The zero-order valence-electron chi connectivity index (χ0n) is 32.7. The molecule has 348 valence electrons. The second kappa shape index (κ2) is 27.2. The minimum atomic E-state index is -2.22. The Kier molecular flexibility index (Phi) is 23.9. The molecule has 0 aromatic rings. The first-order valence-corrected chi connectivity index (χ1v) is 18.1. The van der Waals surface area contributed by atoms with Gasteiger partial charge in [-0.25, -0.2) is 0 Å². The highest BCUT2D eigenvalue weighted by molar-refractivity contribution is 6.00. The molecule has 12 N–H and O–H groups in total. The zero-order chi connectivity index (χ0) is 48.7. The van der Waals surface area contributed by atoms with Crippen molar-refractivity contribution < 1.29 is 118 Å². The Morgan fingerprint density at radius 2 is 0.619 bits per heavy atom. The van der Waals surface area contributed by atoms with Crippen molar-refractivity contribution in [1.29, 1.82) is 0 Å². The Balaban J connectivity index is 6.52. The fraction of sp³-hybridized carbons (Fsp3) is 0.543. The van der Waals surface area contributed by atoms with Crippen molar-refractivity contribution >= 4 is 95.0 Å². The van der Waals surface area contributed by atoms with Crippen LogP contribution in [0, 0.1) is 17.8 Å². The van der Waals surface area contributed by atoms with Gasteiger partial charge in [-0.05, 0) is 0 Å². The summed E-state index contributed by atoms with van der Waals surface area (Å²) in [4.78, 5) is 194. The summed E-state index contributed by atoms with van der Waals surface area (Å²) in [5.41, 5.74) is 0. The molecule has 0 bridgehead atoms. The van der Waals surface area contributed by atoms with Gasteiger partial charge in [0.1, 0.15) is 6.29 Å². The van der Waals surface area contributed by atoms with Crippen molar-refractivity contribution in [3.8, 4) is 0 Å². The van der Waals surface area contributed by atoms with Crippen LogP contribution in [0.25, 0.3) is 0 Å². The average molecular weight is 905 g/mol. The second-order valence-electron chi connectivity index (χ2n) is 13.7. The molecular weight excluding hydrogens is 860 g/mol. The molecule has 63 heavy (non-hydrogen) atoms. The number of carboxylic acid groups (broad SMARTS) is 8. The number of amides is 4. The summed E-state index contributed by atoms with van der Waals surface area (Å²) in [6, 6.07) is -8.03. The number of ketones is 3. The number of hydrogen-bond donors (Lipinski definition) is 12. The number of rotatable bonds is 34.